The summed E-state index contributed by atoms with van der Waals surface area (Å²) >= 11 is 0. The molecule has 2 unspecified atom stereocenters. The molecule has 0 radical (unpaired) electrons. The van der Waals surface area contributed by atoms with Crippen molar-refractivity contribution in [2.45, 2.75) is 63.0 Å². The number of allylic oxidation sites excluding steroid dienone is 2. The zero-order valence-electron chi connectivity index (χ0n) is 13.0. The third-order valence-electron chi connectivity index (χ3n) is 4.69. The monoisotopic (exact) mass is 314 g/mol. The van der Waals surface area contributed by atoms with Gasteiger partial charge in [-0.25, -0.2) is 0 Å². The van der Waals surface area contributed by atoms with E-state index in [0.29, 0.717) is 6.42 Å². The molecule has 0 aromatic rings. The van der Waals surface area contributed by atoms with E-state index < -0.39 is 42.9 Å². The van der Waals surface area contributed by atoms with Crippen LogP contribution in [0.5, 0.6) is 0 Å². The maximum absolute atomic E-state index is 10.1. The second kappa shape index (κ2) is 7.21. The lowest BCUT2D eigenvalue weighted by Crippen LogP contribution is -2.61. The van der Waals surface area contributed by atoms with Crippen molar-refractivity contribution in [2.75, 3.05) is 6.61 Å². The van der Waals surface area contributed by atoms with Gasteiger partial charge >= 0.3 is 0 Å². The Morgan fingerprint density at radius 3 is 2.50 bits per heavy atom. The average molecular weight is 314 g/mol. The van der Waals surface area contributed by atoms with Crippen LogP contribution in [0.4, 0.5) is 0 Å². The minimum atomic E-state index is -1.42. The Morgan fingerprint density at radius 1 is 1.23 bits per heavy atom. The Morgan fingerprint density at radius 2 is 1.95 bits per heavy atom. The lowest BCUT2D eigenvalue weighted by Gasteiger charge is -2.45. The van der Waals surface area contributed by atoms with Crippen molar-refractivity contribution < 1.29 is 29.9 Å². The van der Waals surface area contributed by atoms with Crippen molar-refractivity contribution in [3.8, 4) is 0 Å². The molecular formula is C16H26O6. The summed E-state index contributed by atoms with van der Waals surface area (Å²) < 4.78 is 11.5. The molecule has 1 aliphatic carbocycles. The van der Waals surface area contributed by atoms with Gasteiger partial charge in [0.05, 0.1) is 12.2 Å². The lowest BCUT2D eigenvalue weighted by atomic mass is 9.81. The first kappa shape index (κ1) is 17.6. The standard InChI is InChI=1S/C16H26O6/c1-3-10(2)16(7-5-4-6-8-16)22-15-14(20)13(19)12(18)11(9-17)21-15/h4-7,10-15,17-20H,3,8-9H2,1-2H3/t10?,11-,12-,13+,14-,15+,16?/m1/s1. The van der Waals surface area contributed by atoms with Gasteiger partial charge in [0, 0.05) is 0 Å². The van der Waals surface area contributed by atoms with Crippen LogP contribution in [0.3, 0.4) is 0 Å². The number of aliphatic hydroxyl groups is 4. The summed E-state index contributed by atoms with van der Waals surface area (Å²) in [5.74, 6) is 0.168. The predicted octanol–water partition coefficient (Wildman–Crippen LogP) is 0.104. The minimum Gasteiger partial charge on any atom is -0.394 e. The van der Waals surface area contributed by atoms with E-state index in [-0.39, 0.29) is 5.92 Å². The Balaban J connectivity index is 2.18. The average Bonchev–Trinajstić information content (AvgIpc) is 2.55. The van der Waals surface area contributed by atoms with E-state index in [1.54, 1.807) is 0 Å². The fraction of sp³-hybridized carbons (Fsp3) is 0.750. The highest BCUT2D eigenvalue weighted by Crippen LogP contribution is 2.36. The van der Waals surface area contributed by atoms with E-state index in [1.807, 2.05) is 31.2 Å². The first-order chi connectivity index (χ1) is 10.4. The molecule has 2 rings (SSSR count). The van der Waals surface area contributed by atoms with E-state index in [1.165, 1.54) is 0 Å². The fourth-order valence-electron chi connectivity index (χ4n) is 2.91. The van der Waals surface area contributed by atoms with Crippen LogP contribution in [0.15, 0.2) is 24.3 Å². The van der Waals surface area contributed by atoms with Crippen molar-refractivity contribution in [3.05, 3.63) is 24.3 Å². The fourth-order valence-corrected chi connectivity index (χ4v) is 2.91. The van der Waals surface area contributed by atoms with Crippen molar-refractivity contribution in [1.82, 2.24) is 0 Å². The third-order valence-corrected chi connectivity index (χ3v) is 4.69. The Hall–Kier alpha value is -0.760. The molecule has 6 nitrogen and oxygen atoms in total. The summed E-state index contributed by atoms with van der Waals surface area (Å²) in [5.41, 5.74) is -0.642. The zero-order chi connectivity index (χ0) is 16.3. The molecule has 22 heavy (non-hydrogen) atoms. The highest BCUT2D eigenvalue weighted by atomic mass is 16.7. The maximum atomic E-state index is 10.1. The molecule has 1 fully saturated rings. The topological polar surface area (TPSA) is 99.4 Å². The van der Waals surface area contributed by atoms with E-state index in [0.717, 1.165) is 6.42 Å². The van der Waals surface area contributed by atoms with Gasteiger partial charge in [0.25, 0.3) is 0 Å². The van der Waals surface area contributed by atoms with Gasteiger partial charge in [0.15, 0.2) is 6.29 Å². The molecule has 126 valence electrons. The summed E-state index contributed by atoms with van der Waals surface area (Å²) in [6, 6.07) is 0. The van der Waals surface area contributed by atoms with Gasteiger partial charge in [-0.05, 0) is 12.3 Å². The Bertz CT molecular complexity index is 421. The van der Waals surface area contributed by atoms with Crippen LogP contribution in [0.25, 0.3) is 0 Å². The smallest absolute Gasteiger partial charge is 0.187 e. The highest BCUT2D eigenvalue weighted by Gasteiger charge is 2.47. The van der Waals surface area contributed by atoms with E-state index in [9.17, 15) is 20.4 Å². The molecule has 1 saturated heterocycles. The number of hydrogen-bond donors (Lipinski definition) is 4. The molecule has 0 saturated carbocycles. The van der Waals surface area contributed by atoms with Crippen LogP contribution in [-0.4, -0.2) is 63.3 Å². The van der Waals surface area contributed by atoms with Gasteiger partial charge in [0.2, 0.25) is 0 Å². The maximum Gasteiger partial charge on any atom is 0.187 e. The molecule has 0 aromatic heterocycles. The molecular weight excluding hydrogens is 288 g/mol. The second-order valence-corrected chi connectivity index (χ2v) is 6.07. The summed E-state index contributed by atoms with van der Waals surface area (Å²) in [6.45, 7) is 3.64. The largest absolute Gasteiger partial charge is 0.394 e. The zero-order valence-corrected chi connectivity index (χ0v) is 13.0. The van der Waals surface area contributed by atoms with Gasteiger partial charge < -0.3 is 29.9 Å². The van der Waals surface area contributed by atoms with Crippen LogP contribution in [-0.2, 0) is 9.47 Å². The van der Waals surface area contributed by atoms with Gasteiger partial charge in [0.1, 0.15) is 24.4 Å². The molecule has 4 N–H and O–H groups in total. The van der Waals surface area contributed by atoms with Crippen molar-refractivity contribution in [3.63, 3.8) is 0 Å². The molecule has 0 bridgehead atoms. The number of hydrogen-bond acceptors (Lipinski definition) is 6. The molecule has 1 heterocycles. The minimum absolute atomic E-state index is 0.168. The summed E-state index contributed by atoms with van der Waals surface area (Å²) in [4.78, 5) is 0. The second-order valence-electron chi connectivity index (χ2n) is 6.07. The van der Waals surface area contributed by atoms with Gasteiger partial charge in [-0.3, -0.25) is 0 Å². The van der Waals surface area contributed by atoms with Gasteiger partial charge in [-0.2, -0.15) is 0 Å². The molecule has 0 spiro atoms. The number of ether oxygens (including phenoxy) is 2. The molecule has 6 heteroatoms. The molecule has 0 amide bonds. The van der Waals surface area contributed by atoms with Crippen molar-refractivity contribution >= 4 is 0 Å². The van der Waals surface area contributed by atoms with Crippen LogP contribution in [0.1, 0.15) is 26.7 Å². The molecule has 1 aliphatic heterocycles. The summed E-state index contributed by atoms with van der Waals surface area (Å²) in [5, 5.41) is 39.1. The van der Waals surface area contributed by atoms with Gasteiger partial charge in [-0.15, -0.1) is 0 Å². The molecule has 7 atom stereocenters. The summed E-state index contributed by atoms with van der Waals surface area (Å²) in [7, 11) is 0. The normalized spacial score (nSPS) is 43.3. The van der Waals surface area contributed by atoms with E-state index in [4.69, 9.17) is 9.47 Å². The van der Waals surface area contributed by atoms with E-state index >= 15 is 0 Å². The first-order valence-corrected chi connectivity index (χ1v) is 7.78. The highest BCUT2D eigenvalue weighted by molar-refractivity contribution is 5.20. The Kier molecular flexibility index (Phi) is 5.76. The molecule has 0 aromatic carbocycles. The van der Waals surface area contributed by atoms with Crippen LogP contribution >= 0.6 is 0 Å². The third kappa shape index (κ3) is 3.27. The van der Waals surface area contributed by atoms with Crippen LogP contribution in [0, 0.1) is 5.92 Å². The van der Waals surface area contributed by atoms with E-state index in [2.05, 4.69) is 6.92 Å². The van der Waals surface area contributed by atoms with Crippen LogP contribution in [0.2, 0.25) is 0 Å². The SMILES string of the molecule is CCC(C)C1(O[C@@H]2O[C@H](CO)[C@@H](O)[C@H](O)[C@H]2O)C=CC=CC1. The van der Waals surface area contributed by atoms with Crippen molar-refractivity contribution in [1.29, 1.82) is 0 Å². The van der Waals surface area contributed by atoms with Gasteiger partial charge in [-0.1, -0.05) is 44.6 Å². The molecule has 2 aliphatic rings. The van der Waals surface area contributed by atoms with Crippen molar-refractivity contribution in [2.24, 2.45) is 5.92 Å². The quantitative estimate of drug-likeness (QED) is 0.575. The number of rotatable bonds is 5. The number of aliphatic hydroxyl groups excluding tert-OH is 4. The predicted molar refractivity (Wildman–Crippen MR) is 79.9 cm³/mol. The summed E-state index contributed by atoms with van der Waals surface area (Å²) in [6.07, 6.45) is 2.99. The van der Waals surface area contributed by atoms with Crippen LogP contribution < -0.4 is 0 Å². The Labute approximate surface area is 130 Å². The first-order valence-electron chi connectivity index (χ1n) is 7.78. The lowest BCUT2D eigenvalue weighted by molar-refractivity contribution is -0.325.